The van der Waals surface area contributed by atoms with Crippen LogP contribution >= 0.6 is 0 Å². The molecule has 0 aromatic heterocycles. The van der Waals surface area contributed by atoms with Gasteiger partial charge in [0.1, 0.15) is 0 Å². The van der Waals surface area contributed by atoms with Gasteiger partial charge in [0.2, 0.25) is 0 Å². The molecule has 0 radical (unpaired) electrons. The fourth-order valence-corrected chi connectivity index (χ4v) is 7.42. The Kier molecular flexibility index (Phi) is 8.80. The second-order valence-corrected chi connectivity index (χ2v) is 13.4. The second-order valence-electron chi connectivity index (χ2n) is 13.4. The molecule has 0 spiro atoms. The molecular formula is C47H44N2. The number of benzene rings is 7. The van der Waals surface area contributed by atoms with Gasteiger partial charge in [-0.15, -0.1) is 0 Å². The summed E-state index contributed by atoms with van der Waals surface area (Å²) in [6.45, 7) is 15.4. The number of allylic oxidation sites excluding steroid dienone is 4. The van der Waals surface area contributed by atoms with E-state index in [9.17, 15) is 0 Å². The quantitative estimate of drug-likeness (QED) is 0.109. The summed E-state index contributed by atoms with van der Waals surface area (Å²) in [5.41, 5.74) is 9.52. The lowest BCUT2D eigenvalue weighted by Crippen LogP contribution is -2.16. The van der Waals surface area contributed by atoms with Crippen molar-refractivity contribution in [1.29, 1.82) is 0 Å². The zero-order chi connectivity index (χ0) is 34.1. The van der Waals surface area contributed by atoms with Gasteiger partial charge in [0.05, 0.1) is 11.4 Å². The van der Waals surface area contributed by atoms with Crippen molar-refractivity contribution >= 4 is 60.8 Å². The molecule has 7 aromatic carbocycles. The summed E-state index contributed by atoms with van der Waals surface area (Å²) in [6.07, 6.45) is 8.27. The lowest BCUT2D eigenvalue weighted by molar-refractivity contribution is 0.875. The third-order valence-electron chi connectivity index (χ3n) is 9.57. The lowest BCUT2D eigenvalue weighted by Gasteiger charge is -2.31. The lowest BCUT2D eigenvalue weighted by atomic mass is 9.84. The van der Waals surface area contributed by atoms with Crippen LogP contribution in [0.4, 0.5) is 28.4 Å². The highest BCUT2D eigenvalue weighted by Crippen LogP contribution is 2.50. The van der Waals surface area contributed by atoms with E-state index in [-0.39, 0.29) is 0 Å². The van der Waals surface area contributed by atoms with Crippen molar-refractivity contribution < 1.29 is 0 Å². The van der Waals surface area contributed by atoms with Crippen LogP contribution < -0.4 is 9.80 Å². The summed E-state index contributed by atoms with van der Waals surface area (Å²) < 4.78 is 0. The molecule has 0 atom stereocenters. The van der Waals surface area contributed by atoms with Crippen LogP contribution in [0.5, 0.6) is 0 Å². The summed E-state index contributed by atoms with van der Waals surface area (Å²) in [4.78, 5) is 4.82. The number of nitrogens with zero attached hydrogens (tertiary/aromatic N) is 2. The Morgan fingerprint density at radius 2 is 0.980 bits per heavy atom. The Bertz CT molecular complexity index is 2260. The first-order valence-electron chi connectivity index (χ1n) is 17.4. The van der Waals surface area contributed by atoms with E-state index >= 15 is 0 Å². The topological polar surface area (TPSA) is 6.48 Å². The monoisotopic (exact) mass is 636 g/mol. The fraction of sp³-hybridized carbons (Fsp3) is 0.149. The third-order valence-corrected chi connectivity index (χ3v) is 9.57. The Hall–Kier alpha value is -5.60. The predicted molar refractivity (Wildman–Crippen MR) is 215 cm³/mol. The second kappa shape index (κ2) is 13.5. The summed E-state index contributed by atoms with van der Waals surface area (Å²) >= 11 is 0. The van der Waals surface area contributed by atoms with Crippen molar-refractivity contribution in [3.63, 3.8) is 0 Å². The first-order valence-corrected chi connectivity index (χ1v) is 17.4. The van der Waals surface area contributed by atoms with Gasteiger partial charge in [-0.2, -0.15) is 0 Å². The molecule has 49 heavy (non-hydrogen) atoms. The number of hydrogen-bond acceptors (Lipinski definition) is 2. The molecule has 0 saturated heterocycles. The molecule has 0 aliphatic carbocycles. The van der Waals surface area contributed by atoms with Crippen LogP contribution in [0, 0.1) is 0 Å². The van der Waals surface area contributed by atoms with E-state index in [1.165, 1.54) is 54.8 Å². The van der Waals surface area contributed by atoms with Crippen molar-refractivity contribution in [2.75, 3.05) is 9.80 Å². The van der Waals surface area contributed by atoms with Crippen LogP contribution in [0.25, 0.3) is 32.3 Å². The molecule has 2 nitrogen and oxygen atoms in total. The van der Waals surface area contributed by atoms with E-state index < -0.39 is 0 Å². The van der Waals surface area contributed by atoms with Gasteiger partial charge in [0.25, 0.3) is 0 Å². The molecule has 7 aromatic rings. The Balaban J connectivity index is 1.66. The average Bonchev–Trinajstić information content (AvgIpc) is 3.12. The SMILES string of the molecule is C=C/C=C(\C=C/C)N(c1ccccc1)c1cc(C(C)C)c2ccc3c(N(c4ccccc4)c4ccccc4)cc(C(C)C)c4ccc1c2c43. The summed E-state index contributed by atoms with van der Waals surface area (Å²) in [5.74, 6) is 0.655. The minimum atomic E-state index is 0.323. The molecule has 0 heterocycles. The van der Waals surface area contributed by atoms with Crippen LogP contribution in [0.2, 0.25) is 0 Å². The summed E-state index contributed by atoms with van der Waals surface area (Å²) in [5, 5.41) is 7.77. The molecule has 7 rings (SSSR count). The molecule has 0 unspecified atom stereocenters. The minimum Gasteiger partial charge on any atom is -0.310 e. The molecule has 0 saturated carbocycles. The van der Waals surface area contributed by atoms with Crippen molar-refractivity contribution in [3.8, 4) is 0 Å². The number of hydrogen-bond donors (Lipinski definition) is 0. The molecule has 0 fully saturated rings. The van der Waals surface area contributed by atoms with E-state index in [0.29, 0.717) is 11.8 Å². The molecule has 0 aliphatic rings. The summed E-state index contributed by atoms with van der Waals surface area (Å²) in [6, 6.07) is 46.6. The van der Waals surface area contributed by atoms with Gasteiger partial charge in [0, 0.05) is 33.5 Å². The fourth-order valence-electron chi connectivity index (χ4n) is 7.42. The van der Waals surface area contributed by atoms with E-state index in [0.717, 1.165) is 22.8 Å². The minimum absolute atomic E-state index is 0.323. The largest absolute Gasteiger partial charge is 0.310 e. The standard InChI is InChI=1S/C47H44N2/c1-7-18-34(19-8-2)48(35-20-12-9-13-21-35)44-30-42(32(3)4)38-27-29-41-45(31-43(33(5)6)39-26-28-40(44)46(38)47(39)41)49(36-22-14-10-15-23-36)37-24-16-11-17-25-37/h7-33H,1H2,2-6H3/b19-8-,34-18+. The van der Waals surface area contributed by atoms with E-state index in [1.54, 1.807) is 0 Å². The molecule has 0 amide bonds. The zero-order valence-corrected chi connectivity index (χ0v) is 29.2. The highest BCUT2D eigenvalue weighted by molar-refractivity contribution is 6.29. The molecule has 242 valence electrons. The van der Waals surface area contributed by atoms with Crippen LogP contribution in [-0.2, 0) is 0 Å². The maximum absolute atomic E-state index is 4.09. The van der Waals surface area contributed by atoms with Crippen molar-refractivity contribution in [2.24, 2.45) is 0 Å². The van der Waals surface area contributed by atoms with Gasteiger partial charge in [-0.3, -0.25) is 0 Å². The number of rotatable bonds is 10. The van der Waals surface area contributed by atoms with E-state index in [2.05, 4.69) is 197 Å². The van der Waals surface area contributed by atoms with E-state index in [4.69, 9.17) is 0 Å². The van der Waals surface area contributed by atoms with Crippen LogP contribution in [0.1, 0.15) is 57.6 Å². The average molecular weight is 637 g/mol. The van der Waals surface area contributed by atoms with Crippen LogP contribution in [0.15, 0.2) is 164 Å². The third kappa shape index (κ3) is 5.68. The highest BCUT2D eigenvalue weighted by Gasteiger charge is 2.25. The van der Waals surface area contributed by atoms with Gasteiger partial charge in [-0.25, -0.2) is 0 Å². The molecule has 0 bridgehead atoms. The number of para-hydroxylation sites is 3. The molecule has 0 N–H and O–H groups in total. The first kappa shape index (κ1) is 32.0. The smallest absolute Gasteiger partial charge is 0.0543 e. The van der Waals surface area contributed by atoms with Crippen molar-refractivity contribution in [1.82, 2.24) is 0 Å². The molecular weight excluding hydrogens is 593 g/mol. The summed E-state index contributed by atoms with van der Waals surface area (Å²) in [7, 11) is 0. The Labute approximate surface area is 291 Å². The highest BCUT2D eigenvalue weighted by atomic mass is 15.2. The Morgan fingerprint density at radius 1 is 0.551 bits per heavy atom. The van der Waals surface area contributed by atoms with Gasteiger partial charge in [0.15, 0.2) is 0 Å². The van der Waals surface area contributed by atoms with Gasteiger partial charge < -0.3 is 9.80 Å². The Morgan fingerprint density at radius 3 is 1.43 bits per heavy atom. The maximum atomic E-state index is 4.09. The van der Waals surface area contributed by atoms with Gasteiger partial charge >= 0.3 is 0 Å². The molecule has 0 aliphatic heterocycles. The van der Waals surface area contributed by atoms with Crippen LogP contribution in [-0.4, -0.2) is 0 Å². The number of anilines is 5. The maximum Gasteiger partial charge on any atom is 0.0543 e. The first-order chi connectivity index (χ1) is 23.9. The van der Waals surface area contributed by atoms with Gasteiger partial charge in [-0.1, -0.05) is 125 Å². The van der Waals surface area contributed by atoms with E-state index in [1.807, 2.05) is 6.08 Å². The normalized spacial score (nSPS) is 12.3. The van der Waals surface area contributed by atoms with Gasteiger partial charge in [-0.05, 0) is 112 Å². The predicted octanol–water partition coefficient (Wildman–Crippen LogP) is 14.1. The van der Waals surface area contributed by atoms with Crippen molar-refractivity contribution in [2.45, 2.75) is 46.5 Å². The van der Waals surface area contributed by atoms with Crippen molar-refractivity contribution in [3.05, 3.63) is 175 Å². The zero-order valence-electron chi connectivity index (χ0n) is 29.2. The molecule has 2 heteroatoms. The van der Waals surface area contributed by atoms with Crippen LogP contribution in [0.3, 0.4) is 0 Å².